The minimum atomic E-state index is -1.86. The van der Waals surface area contributed by atoms with Gasteiger partial charge in [-0.15, -0.1) is 22.7 Å². The predicted octanol–water partition coefficient (Wildman–Crippen LogP) is 6.74. The second-order valence-electron chi connectivity index (χ2n) is 13.3. The zero-order valence-corrected chi connectivity index (χ0v) is 29.1. The minimum Gasteiger partial charge on any atom is -0.245 e. The Hall–Kier alpha value is -1.95. The second kappa shape index (κ2) is 7.83. The summed E-state index contributed by atoms with van der Waals surface area (Å²) in [6.45, 7) is 20.7. The van der Waals surface area contributed by atoms with Crippen LogP contribution in [0.3, 0.4) is 0 Å². The van der Waals surface area contributed by atoms with Crippen molar-refractivity contribution in [2.45, 2.75) is 52.4 Å². The molecule has 0 aliphatic carbocycles. The van der Waals surface area contributed by atoms with E-state index in [-0.39, 0.29) is 0 Å². The number of fused-ring (bicyclic) bond motifs is 4. The molecule has 192 valence electrons. The van der Waals surface area contributed by atoms with Crippen LogP contribution in [0.25, 0.3) is 40.6 Å². The summed E-state index contributed by atoms with van der Waals surface area (Å²) >= 11 is 3.71. The lowest BCUT2D eigenvalue weighted by Crippen LogP contribution is -2.69. The molecular formula is C30H34N2S2Si4. The summed E-state index contributed by atoms with van der Waals surface area (Å²) in [6, 6.07) is 19.9. The molecule has 0 fully saturated rings. The molecule has 0 amide bonds. The van der Waals surface area contributed by atoms with Crippen molar-refractivity contribution in [3.8, 4) is 0 Å². The van der Waals surface area contributed by atoms with E-state index in [1.54, 1.807) is 10.4 Å². The Morgan fingerprint density at radius 3 is 1.18 bits per heavy atom. The molecule has 0 unspecified atom stereocenters. The van der Waals surface area contributed by atoms with Gasteiger partial charge < -0.3 is 0 Å². The van der Waals surface area contributed by atoms with Crippen LogP contribution in [0.15, 0.2) is 60.9 Å². The van der Waals surface area contributed by atoms with E-state index in [1.165, 1.54) is 51.0 Å². The highest BCUT2D eigenvalue weighted by molar-refractivity contribution is 7.50. The molecule has 0 saturated carbocycles. The van der Waals surface area contributed by atoms with Gasteiger partial charge in [0, 0.05) is 43.3 Å². The number of thiophene rings is 2. The van der Waals surface area contributed by atoms with Crippen LogP contribution in [-0.2, 0) is 0 Å². The first-order chi connectivity index (χ1) is 17.8. The second-order valence-corrected chi connectivity index (χ2v) is 45.7. The number of benzene rings is 2. The van der Waals surface area contributed by atoms with E-state index in [2.05, 4.69) is 113 Å². The highest BCUT2D eigenvalue weighted by Gasteiger charge is 2.46. The molecule has 8 bridgehead atoms. The van der Waals surface area contributed by atoms with E-state index < -0.39 is 30.4 Å². The lowest BCUT2D eigenvalue weighted by molar-refractivity contribution is 1.46. The van der Waals surface area contributed by atoms with Crippen molar-refractivity contribution in [3.63, 3.8) is 0 Å². The van der Waals surface area contributed by atoms with Gasteiger partial charge in [0.2, 0.25) is 0 Å². The summed E-state index contributed by atoms with van der Waals surface area (Å²) in [5.41, 5.74) is 0. The van der Waals surface area contributed by atoms with E-state index in [4.69, 9.17) is 9.97 Å². The van der Waals surface area contributed by atoms with Crippen LogP contribution < -0.4 is 20.7 Å². The van der Waals surface area contributed by atoms with Crippen LogP contribution in [0, 0.1) is 0 Å². The highest BCUT2D eigenvalue weighted by Crippen LogP contribution is 2.36. The van der Waals surface area contributed by atoms with E-state index in [9.17, 15) is 0 Å². The largest absolute Gasteiger partial charge is 0.245 e. The minimum absolute atomic E-state index is 1.18. The zero-order chi connectivity index (χ0) is 26.8. The molecule has 0 N–H and O–H groups in total. The molecule has 1 aliphatic rings. The standard InChI is InChI=1S/C30H34N2S2Si4/c1-35(2)19-9-11-27-23(13-19)25-15-21(17-31-29(25)33-27)37(5,6)38(7,8)22-16-26-24-14-20(36(35,3)4)10-12-28(24)34-30(26)32-18-22/h9-18H,1-8H3. The topological polar surface area (TPSA) is 25.8 Å². The van der Waals surface area contributed by atoms with Crippen molar-refractivity contribution in [2.24, 2.45) is 0 Å². The van der Waals surface area contributed by atoms with Gasteiger partial charge >= 0.3 is 0 Å². The van der Waals surface area contributed by atoms with Crippen molar-refractivity contribution >= 4 is 114 Å². The van der Waals surface area contributed by atoms with Crippen molar-refractivity contribution in [2.75, 3.05) is 0 Å². The summed E-state index contributed by atoms with van der Waals surface area (Å²) < 4.78 is 2.74. The zero-order valence-electron chi connectivity index (χ0n) is 23.5. The fourth-order valence-electron chi connectivity index (χ4n) is 6.22. The maximum atomic E-state index is 5.10. The van der Waals surface area contributed by atoms with E-state index in [1.807, 2.05) is 22.7 Å². The Bertz CT molecular complexity index is 1670. The van der Waals surface area contributed by atoms with Gasteiger partial charge in [-0.1, -0.05) is 99.1 Å². The van der Waals surface area contributed by atoms with Crippen LogP contribution in [-0.4, -0.2) is 40.3 Å². The number of hydrogen-bond acceptors (Lipinski definition) is 4. The van der Waals surface area contributed by atoms with Crippen molar-refractivity contribution in [1.29, 1.82) is 0 Å². The third-order valence-corrected chi connectivity index (χ3v) is 48.3. The summed E-state index contributed by atoms with van der Waals surface area (Å²) in [5.74, 6) is 0. The Balaban J connectivity index is 1.63. The maximum absolute atomic E-state index is 5.10. The molecule has 0 atom stereocenters. The van der Waals surface area contributed by atoms with Crippen LogP contribution in [0.5, 0.6) is 0 Å². The molecule has 5 heterocycles. The number of nitrogens with zero attached hydrogens (tertiary/aromatic N) is 2. The van der Waals surface area contributed by atoms with Gasteiger partial charge in [-0.05, 0) is 22.5 Å². The molecule has 0 saturated heterocycles. The quantitative estimate of drug-likeness (QED) is 0.181. The van der Waals surface area contributed by atoms with Crippen molar-refractivity contribution in [1.82, 2.24) is 9.97 Å². The lowest BCUT2D eigenvalue weighted by Gasteiger charge is -2.39. The average Bonchev–Trinajstić information content (AvgIpc) is 3.44. The van der Waals surface area contributed by atoms with Crippen LogP contribution in [0.1, 0.15) is 0 Å². The number of pyridine rings is 2. The highest BCUT2D eigenvalue weighted by atomic mass is 32.1. The molecule has 0 spiro atoms. The van der Waals surface area contributed by atoms with Gasteiger partial charge in [-0.25, -0.2) is 9.97 Å². The molecule has 1 aliphatic heterocycles. The molecule has 6 aromatic rings. The average molecular weight is 599 g/mol. The fourth-order valence-corrected chi connectivity index (χ4v) is 25.3. The molecule has 4 aromatic heterocycles. The van der Waals surface area contributed by atoms with Crippen LogP contribution in [0.4, 0.5) is 0 Å². The van der Waals surface area contributed by atoms with Crippen LogP contribution >= 0.6 is 22.7 Å². The molecule has 2 nitrogen and oxygen atoms in total. The lowest BCUT2D eigenvalue weighted by atomic mass is 10.2. The van der Waals surface area contributed by atoms with Gasteiger partial charge in [-0.2, -0.15) is 0 Å². The Morgan fingerprint density at radius 1 is 0.447 bits per heavy atom. The summed E-state index contributed by atoms with van der Waals surface area (Å²) in [6.07, 6.45) is 4.44. The monoisotopic (exact) mass is 598 g/mol. The van der Waals surface area contributed by atoms with Gasteiger partial charge in [-0.3, -0.25) is 0 Å². The van der Waals surface area contributed by atoms with Gasteiger partial charge in [0.05, 0.1) is 30.4 Å². The van der Waals surface area contributed by atoms with Gasteiger partial charge in [0.1, 0.15) is 9.66 Å². The van der Waals surface area contributed by atoms with E-state index in [0.717, 1.165) is 0 Å². The van der Waals surface area contributed by atoms with Gasteiger partial charge in [0.15, 0.2) is 0 Å². The third-order valence-electron chi connectivity index (χ3n) is 10.7. The summed E-state index contributed by atoms with van der Waals surface area (Å²) in [7, 11) is -7.32. The van der Waals surface area contributed by atoms with E-state index >= 15 is 0 Å². The molecule has 8 heteroatoms. The fraction of sp³-hybridized carbons (Fsp3) is 0.267. The van der Waals surface area contributed by atoms with Gasteiger partial charge in [0.25, 0.3) is 0 Å². The summed E-state index contributed by atoms with van der Waals surface area (Å²) in [4.78, 5) is 12.5. The van der Waals surface area contributed by atoms with Crippen LogP contribution in [0.2, 0.25) is 52.4 Å². The molecular weight excluding hydrogens is 565 g/mol. The molecule has 38 heavy (non-hydrogen) atoms. The number of rotatable bonds is 0. The normalized spacial score (nSPS) is 19.4. The first-order valence-corrected chi connectivity index (χ1v) is 29.1. The first kappa shape index (κ1) is 25.0. The Morgan fingerprint density at radius 2 is 0.789 bits per heavy atom. The smallest absolute Gasteiger partial charge is 0.124 e. The first-order valence-electron chi connectivity index (χ1n) is 13.5. The predicted molar refractivity (Wildman–Crippen MR) is 183 cm³/mol. The van der Waals surface area contributed by atoms with E-state index in [0.29, 0.717) is 0 Å². The van der Waals surface area contributed by atoms with Crippen molar-refractivity contribution in [3.05, 3.63) is 60.9 Å². The molecule has 7 rings (SSSR count). The number of aromatic nitrogens is 2. The molecule has 0 radical (unpaired) electrons. The molecule has 2 aromatic carbocycles. The third kappa shape index (κ3) is 3.19. The Labute approximate surface area is 236 Å². The number of hydrogen-bond donors (Lipinski definition) is 0. The summed E-state index contributed by atoms with van der Waals surface area (Å²) in [5, 5.41) is 11.7. The SMILES string of the molecule is C[Si]1(C)c2ccc3sc4ncc(cc4c3c2)[Si](C)(C)[Si](C)(C)c2cnc3sc4ccc(cc4c3c2)[Si]1(C)C. The maximum Gasteiger partial charge on any atom is 0.124 e. The van der Waals surface area contributed by atoms with Crippen molar-refractivity contribution < 1.29 is 0 Å². The Kier molecular flexibility index (Phi) is 5.16.